The van der Waals surface area contributed by atoms with Crippen LogP contribution in [-0.4, -0.2) is 33.7 Å². The van der Waals surface area contributed by atoms with Crippen LogP contribution in [0.1, 0.15) is 36.2 Å². The van der Waals surface area contributed by atoms with Crippen molar-refractivity contribution in [3.63, 3.8) is 0 Å². The Hall–Kier alpha value is -2.47. The molecule has 5 nitrogen and oxygen atoms in total. The fraction of sp³-hybridized carbons (Fsp3) is 0.429. The first-order chi connectivity index (χ1) is 13.2. The van der Waals surface area contributed by atoms with Crippen molar-refractivity contribution in [1.29, 1.82) is 0 Å². The number of rotatable bonds is 6. The maximum Gasteiger partial charge on any atom is 0.223 e. The predicted octanol–water partition coefficient (Wildman–Crippen LogP) is 2.97. The zero-order valence-corrected chi connectivity index (χ0v) is 15.4. The number of hydrogen-bond donors (Lipinski definition) is 1. The summed E-state index contributed by atoms with van der Waals surface area (Å²) in [5.74, 6) is 0.168. The standard InChI is InChI=1S/C21H25FN4O/c22-18-8-6-16(7-9-18)3-2-10-25-11-12-26-20(15-25)13-19(24-26)14-23-21(27)17-4-1-5-17/h2-3,6-9,13,17H,1,4-5,10-12,14-15H2,(H,23,27)/b3-2+. The van der Waals surface area contributed by atoms with E-state index in [9.17, 15) is 9.18 Å². The van der Waals surface area contributed by atoms with Crippen molar-refractivity contribution in [1.82, 2.24) is 20.0 Å². The molecule has 6 heteroatoms. The molecule has 2 heterocycles. The number of aromatic nitrogens is 2. The first-order valence-corrected chi connectivity index (χ1v) is 9.65. The fourth-order valence-electron chi connectivity index (χ4n) is 3.53. The number of carbonyl (C=O) groups is 1. The molecule has 0 radical (unpaired) electrons. The van der Waals surface area contributed by atoms with E-state index in [1.54, 1.807) is 12.1 Å². The predicted molar refractivity (Wildman–Crippen MR) is 102 cm³/mol. The van der Waals surface area contributed by atoms with Crippen LogP contribution in [0.5, 0.6) is 0 Å². The number of benzene rings is 1. The Morgan fingerprint density at radius 3 is 2.81 bits per heavy atom. The molecule has 2 aromatic rings. The summed E-state index contributed by atoms with van der Waals surface area (Å²) in [5.41, 5.74) is 3.12. The summed E-state index contributed by atoms with van der Waals surface area (Å²) in [6.07, 6.45) is 7.34. The van der Waals surface area contributed by atoms with Gasteiger partial charge in [-0.25, -0.2) is 4.39 Å². The summed E-state index contributed by atoms with van der Waals surface area (Å²) in [6.45, 7) is 4.00. The van der Waals surface area contributed by atoms with E-state index in [2.05, 4.69) is 27.5 Å². The average molecular weight is 368 g/mol. The number of hydrogen-bond acceptors (Lipinski definition) is 3. The first-order valence-electron chi connectivity index (χ1n) is 9.65. The van der Waals surface area contributed by atoms with Crippen LogP contribution in [-0.2, 0) is 24.4 Å². The SMILES string of the molecule is O=C(NCc1cc2n(n1)CCN(C/C=C/c1ccc(F)cc1)C2)C1CCC1. The minimum atomic E-state index is -0.212. The molecule has 1 fully saturated rings. The largest absolute Gasteiger partial charge is 0.350 e. The molecule has 2 aliphatic rings. The lowest BCUT2D eigenvalue weighted by atomic mass is 9.85. The molecule has 0 spiro atoms. The van der Waals surface area contributed by atoms with Crippen molar-refractivity contribution in [3.8, 4) is 0 Å². The number of fused-ring (bicyclic) bond motifs is 1. The molecule has 0 saturated heterocycles. The molecule has 0 unspecified atom stereocenters. The molecule has 27 heavy (non-hydrogen) atoms. The van der Waals surface area contributed by atoms with Gasteiger partial charge in [0.15, 0.2) is 0 Å². The van der Waals surface area contributed by atoms with E-state index < -0.39 is 0 Å². The Morgan fingerprint density at radius 1 is 1.26 bits per heavy atom. The maximum atomic E-state index is 12.9. The van der Waals surface area contributed by atoms with Crippen LogP contribution in [0.15, 0.2) is 36.4 Å². The van der Waals surface area contributed by atoms with E-state index in [0.717, 1.165) is 50.3 Å². The van der Waals surface area contributed by atoms with E-state index in [1.807, 2.05) is 10.8 Å². The van der Waals surface area contributed by atoms with Crippen LogP contribution in [0.2, 0.25) is 0 Å². The van der Waals surface area contributed by atoms with E-state index >= 15 is 0 Å². The normalized spacial score (nSPS) is 17.7. The van der Waals surface area contributed by atoms with Gasteiger partial charge in [-0.1, -0.05) is 30.7 Å². The Morgan fingerprint density at radius 2 is 2.07 bits per heavy atom. The molecule has 0 atom stereocenters. The molecule has 142 valence electrons. The van der Waals surface area contributed by atoms with Crippen molar-refractivity contribution in [2.75, 3.05) is 13.1 Å². The Balaban J connectivity index is 1.28. The molecule has 1 N–H and O–H groups in total. The van der Waals surface area contributed by atoms with Crippen molar-refractivity contribution in [2.45, 2.75) is 38.9 Å². The van der Waals surface area contributed by atoms with E-state index in [0.29, 0.717) is 6.54 Å². The lowest BCUT2D eigenvalue weighted by Gasteiger charge is -2.26. The molecule has 0 bridgehead atoms. The van der Waals surface area contributed by atoms with Gasteiger partial charge in [0.1, 0.15) is 5.82 Å². The number of carbonyl (C=O) groups excluding carboxylic acids is 1. The molecule has 4 rings (SSSR count). The second-order valence-corrected chi connectivity index (χ2v) is 7.38. The minimum absolute atomic E-state index is 0.166. The van der Waals surface area contributed by atoms with Crippen LogP contribution in [0.4, 0.5) is 4.39 Å². The second-order valence-electron chi connectivity index (χ2n) is 7.38. The van der Waals surface area contributed by atoms with Gasteiger partial charge in [0.05, 0.1) is 24.5 Å². The van der Waals surface area contributed by atoms with Crippen LogP contribution in [0.3, 0.4) is 0 Å². The quantitative estimate of drug-likeness (QED) is 0.853. The number of halogens is 1. The summed E-state index contributed by atoms with van der Waals surface area (Å²) in [6, 6.07) is 8.61. The molecule has 1 aliphatic heterocycles. The highest BCUT2D eigenvalue weighted by molar-refractivity contribution is 5.79. The van der Waals surface area contributed by atoms with Gasteiger partial charge in [-0.15, -0.1) is 0 Å². The summed E-state index contributed by atoms with van der Waals surface area (Å²) in [7, 11) is 0. The molecule has 1 aromatic heterocycles. The third-order valence-corrected chi connectivity index (χ3v) is 5.39. The Kier molecular flexibility index (Phi) is 5.34. The molecule has 1 amide bonds. The third kappa shape index (κ3) is 4.45. The number of nitrogens with one attached hydrogen (secondary N) is 1. The van der Waals surface area contributed by atoms with Crippen molar-refractivity contribution < 1.29 is 9.18 Å². The molecular weight excluding hydrogens is 343 g/mol. The van der Waals surface area contributed by atoms with Crippen LogP contribution < -0.4 is 5.32 Å². The van der Waals surface area contributed by atoms with E-state index in [4.69, 9.17) is 0 Å². The minimum Gasteiger partial charge on any atom is -0.350 e. The van der Waals surface area contributed by atoms with Crippen LogP contribution >= 0.6 is 0 Å². The Bertz CT molecular complexity index is 823. The first kappa shape index (κ1) is 17.9. The summed E-state index contributed by atoms with van der Waals surface area (Å²) >= 11 is 0. The molecule has 1 aromatic carbocycles. The highest BCUT2D eigenvalue weighted by Gasteiger charge is 2.25. The van der Waals surface area contributed by atoms with E-state index in [1.165, 1.54) is 24.2 Å². The summed E-state index contributed by atoms with van der Waals surface area (Å²) in [5, 5.41) is 7.63. The lowest BCUT2D eigenvalue weighted by molar-refractivity contribution is -0.127. The molecular formula is C21H25FN4O. The maximum absolute atomic E-state index is 12.9. The third-order valence-electron chi connectivity index (χ3n) is 5.39. The number of nitrogens with zero attached hydrogens (tertiary/aromatic N) is 3. The summed E-state index contributed by atoms with van der Waals surface area (Å²) < 4.78 is 15.0. The van der Waals surface area contributed by atoms with Gasteiger partial charge in [-0.3, -0.25) is 14.4 Å². The van der Waals surface area contributed by atoms with Gasteiger partial charge < -0.3 is 5.32 Å². The molecule has 1 aliphatic carbocycles. The van der Waals surface area contributed by atoms with Crippen LogP contribution in [0, 0.1) is 11.7 Å². The van der Waals surface area contributed by atoms with Gasteiger partial charge in [-0.2, -0.15) is 5.10 Å². The highest BCUT2D eigenvalue weighted by Crippen LogP contribution is 2.26. The average Bonchev–Trinajstić information content (AvgIpc) is 3.02. The highest BCUT2D eigenvalue weighted by atomic mass is 19.1. The second kappa shape index (κ2) is 8.05. The van der Waals surface area contributed by atoms with Gasteiger partial charge in [0.2, 0.25) is 5.91 Å². The van der Waals surface area contributed by atoms with Crippen molar-refractivity contribution >= 4 is 12.0 Å². The van der Waals surface area contributed by atoms with Crippen molar-refractivity contribution in [2.24, 2.45) is 5.92 Å². The topological polar surface area (TPSA) is 50.2 Å². The van der Waals surface area contributed by atoms with Gasteiger partial charge in [-0.05, 0) is 36.6 Å². The van der Waals surface area contributed by atoms with Crippen molar-refractivity contribution in [3.05, 3.63) is 59.2 Å². The molecule has 1 saturated carbocycles. The van der Waals surface area contributed by atoms with E-state index in [-0.39, 0.29) is 17.6 Å². The van der Waals surface area contributed by atoms with Gasteiger partial charge >= 0.3 is 0 Å². The van der Waals surface area contributed by atoms with Gasteiger partial charge in [0, 0.05) is 25.6 Å². The zero-order chi connectivity index (χ0) is 18.6. The smallest absolute Gasteiger partial charge is 0.223 e. The Labute approximate surface area is 158 Å². The van der Waals surface area contributed by atoms with Gasteiger partial charge in [0.25, 0.3) is 0 Å². The fourth-order valence-corrected chi connectivity index (χ4v) is 3.53. The monoisotopic (exact) mass is 368 g/mol. The zero-order valence-electron chi connectivity index (χ0n) is 15.4. The summed E-state index contributed by atoms with van der Waals surface area (Å²) in [4.78, 5) is 14.3. The van der Waals surface area contributed by atoms with Crippen LogP contribution in [0.25, 0.3) is 6.08 Å². The lowest BCUT2D eigenvalue weighted by Crippen LogP contribution is -2.34. The number of amides is 1.